The minimum absolute atomic E-state index is 0.164. The Morgan fingerprint density at radius 1 is 0.875 bits per heavy atom. The van der Waals surface area contributed by atoms with Crippen LogP contribution in [0.1, 0.15) is 22.4 Å². The van der Waals surface area contributed by atoms with Gasteiger partial charge in [-0.3, -0.25) is 4.39 Å². The number of hydrogen-bond acceptors (Lipinski definition) is 4. The lowest BCUT2D eigenvalue weighted by Crippen LogP contribution is -2.34. The van der Waals surface area contributed by atoms with Gasteiger partial charge in [-0.15, -0.1) is 22.7 Å². The molecule has 170 valence electrons. The quantitative estimate of drug-likeness (QED) is 0.252. The molecule has 0 spiro atoms. The van der Waals surface area contributed by atoms with Gasteiger partial charge in [0.05, 0.1) is 6.67 Å². The minimum atomic E-state index is -0.371. The first-order valence-electron chi connectivity index (χ1n) is 11.2. The Morgan fingerprint density at radius 2 is 1.62 bits per heavy atom. The monoisotopic (exact) mass is 472 g/mol. The van der Waals surface area contributed by atoms with E-state index in [0.29, 0.717) is 12.8 Å². The number of benzene rings is 2. The summed E-state index contributed by atoms with van der Waals surface area (Å²) in [5.74, 6) is 0. The predicted octanol–water partition coefficient (Wildman–Crippen LogP) is 6.32. The summed E-state index contributed by atoms with van der Waals surface area (Å²) < 4.78 is 28.9. The molecule has 0 aliphatic rings. The lowest BCUT2D eigenvalue weighted by atomic mass is 10.0. The number of halogens is 2. The molecule has 4 aromatic rings. The van der Waals surface area contributed by atoms with Crippen molar-refractivity contribution in [2.24, 2.45) is 0 Å². The van der Waals surface area contributed by atoms with E-state index in [1.165, 1.54) is 36.2 Å². The highest BCUT2D eigenvalue weighted by atomic mass is 32.1. The lowest BCUT2D eigenvalue weighted by Gasteiger charge is -2.15. The van der Waals surface area contributed by atoms with Gasteiger partial charge in [-0.05, 0) is 84.3 Å². The van der Waals surface area contributed by atoms with E-state index in [-0.39, 0.29) is 25.4 Å². The molecule has 6 heteroatoms. The summed E-state index contributed by atoms with van der Waals surface area (Å²) in [6, 6.07) is 17.3. The molecule has 2 heterocycles. The third-order valence-electron chi connectivity index (χ3n) is 5.98. The van der Waals surface area contributed by atoms with E-state index in [1.807, 2.05) is 7.05 Å². The van der Waals surface area contributed by atoms with Crippen molar-refractivity contribution < 1.29 is 8.78 Å². The van der Waals surface area contributed by atoms with Gasteiger partial charge in [0.1, 0.15) is 6.67 Å². The molecule has 4 rings (SSSR count). The lowest BCUT2D eigenvalue weighted by molar-refractivity contribution is 0.374. The van der Waals surface area contributed by atoms with Crippen LogP contribution in [-0.2, 0) is 19.3 Å². The van der Waals surface area contributed by atoms with Crippen LogP contribution in [0.5, 0.6) is 0 Å². The Labute approximate surface area is 196 Å². The van der Waals surface area contributed by atoms with E-state index in [4.69, 9.17) is 0 Å². The first-order chi connectivity index (χ1) is 15.7. The van der Waals surface area contributed by atoms with E-state index in [1.54, 1.807) is 22.7 Å². The third-order valence-corrected chi connectivity index (χ3v) is 8.01. The van der Waals surface area contributed by atoms with E-state index in [0.717, 1.165) is 19.4 Å². The topological polar surface area (TPSA) is 24.1 Å². The van der Waals surface area contributed by atoms with Crippen LogP contribution in [0.3, 0.4) is 0 Å². The van der Waals surface area contributed by atoms with Crippen LogP contribution in [-0.4, -0.2) is 39.0 Å². The number of rotatable bonds is 12. The van der Waals surface area contributed by atoms with E-state index < -0.39 is 0 Å². The van der Waals surface area contributed by atoms with Gasteiger partial charge in [-0.2, -0.15) is 0 Å². The number of thiophene rings is 2. The first-order valence-corrected chi connectivity index (χ1v) is 12.9. The van der Waals surface area contributed by atoms with Gasteiger partial charge in [-0.1, -0.05) is 24.3 Å². The standard InChI is InChI=1S/C26H30F2N2S2/c1-29-22(6-9-27)12-18-3-5-21-16-24(32-26(21)15-18)7-10-30-23(17-28)13-19-2-4-20-8-11-31-25(20)14-19/h2-5,8,11,14-16,22-23,29-30H,6-7,9-10,12-13,17H2,1H3. The van der Waals surface area contributed by atoms with E-state index in [2.05, 4.69) is 64.5 Å². The molecule has 2 atom stereocenters. The molecule has 2 nitrogen and oxygen atoms in total. The number of nitrogens with one attached hydrogen (secondary N) is 2. The van der Waals surface area contributed by atoms with Crippen molar-refractivity contribution in [1.29, 1.82) is 0 Å². The molecule has 0 aliphatic heterocycles. The Bertz CT molecular complexity index is 1140. The number of likely N-dealkylation sites (N-methyl/N-ethyl adjacent to an activating group) is 1. The molecule has 0 radical (unpaired) electrons. The molecule has 2 aromatic carbocycles. The van der Waals surface area contributed by atoms with E-state index in [9.17, 15) is 8.78 Å². The van der Waals surface area contributed by atoms with Crippen molar-refractivity contribution in [3.63, 3.8) is 0 Å². The largest absolute Gasteiger partial charge is 0.317 e. The molecular weight excluding hydrogens is 442 g/mol. The van der Waals surface area contributed by atoms with Gasteiger partial charge in [-0.25, -0.2) is 4.39 Å². The molecule has 2 aromatic heterocycles. The molecule has 0 saturated carbocycles. The predicted molar refractivity (Wildman–Crippen MR) is 136 cm³/mol. The van der Waals surface area contributed by atoms with E-state index >= 15 is 0 Å². The molecule has 2 unspecified atom stereocenters. The Hall–Kier alpha value is -1.86. The second-order valence-electron chi connectivity index (χ2n) is 8.30. The fraction of sp³-hybridized carbons (Fsp3) is 0.385. The normalized spacial score (nSPS) is 13.7. The molecule has 0 aliphatic carbocycles. The molecule has 0 bridgehead atoms. The van der Waals surface area contributed by atoms with Crippen LogP contribution < -0.4 is 10.6 Å². The zero-order valence-electron chi connectivity index (χ0n) is 18.4. The summed E-state index contributed by atoms with van der Waals surface area (Å²) in [5, 5.41) is 11.2. The molecule has 0 amide bonds. The summed E-state index contributed by atoms with van der Waals surface area (Å²) >= 11 is 3.53. The highest BCUT2D eigenvalue weighted by molar-refractivity contribution is 7.19. The zero-order valence-corrected chi connectivity index (χ0v) is 20.0. The molecule has 0 fully saturated rings. The molecule has 0 saturated heterocycles. The van der Waals surface area contributed by atoms with Crippen LogP contribution in [0.2, 0.25) is 0 Å². The van der Waals surface area contributed by atoms with Crippen molar-refractivity contribution in [2.45, 2.75) is 37.8 Å². The maximum atomic E-state index is 13.6. The fourth-order valence-electron chi connectivity index (χ4n) is 4.14. The molecule has 32 heavy (non-hydrogen) atoms. The highest BCUT2D eigenvalue weighted by Gasteiger charge is 2.12. The van der Waals surface area contributed by atoms with Crippen LogP contribution in [0, 0.1) is 0 Å². The Kier molecular flexibility index (Phi) is 8.25. The summed E-state index contributed by atoms with van der Waals surface area (Å²) in [6.45, 7) is 0.0873. The summed E-state index contributed by atoms with van der Waals surface area (Å²) in [6.07, 6.45) is 2.95. The third kappa shape index (κ3) is 5.93. The van der Waals surface area contributed by atoms with Crippen molar-refractivity contribution in [3.8, 4) is 0 Å². The first kappa shape index (κ1) is 23.3. The number of hydrogen-bond donors (Lipinski definition) is 2. The van der Waals surface area contributed by atoms with Crippen molar-refractivity contribution in [1.82, 2.24) is 10.6 Å². The van der Waals surface area contributed by atoms with Gasteiger partial charge in [0.25, 0.3) is 0 Å². The minimum Gasteiger partial charge on any atom is -0.317 e. The van der Waals surface area contributed by atoms with Crippen molar-refractivity contribution in [3.05, 3.63) is 69.9 Å². The van der Waals surface area contributed by atoms with Gasteiger partial charge in [0.2, 0.25) is 0 Å². The van der Waals surface area contributed by atoms with Crippen molar-refractivity contribution in [2.75, 3.05) is 26.9 Å². The summed E-state index contributed by atoms with van der Waals surface area (Å²) in [5.41, 5.74) is 2.41. The average molecular weight is 473 g/mol. The van der Waals surface area contributed by atoms with Crippen LogP contribution in [0.25, 0.3) is 20.2 Å². The average Bonchev–Trinajstić information content (AvgIpc) is 3.43. The van der Waals surface area contributed by atoms with Gasteiger partial charge in [0.15, 0.2) is 0 Å². The maximum absolute atomic E-state index is 13.6. The SMILES string of the molecule is CNC(CCF)Cc1ccc2cc(CCNC(CF)Cc3ccc4ccsc4c3)sc2c1. The summed E-state index contributed by atoms with van der Waals surface area (Å²) in [4.78, 5) is 1.30. The zero-order chi connectivity index (χ0) is 22.3. The number of alkyl halides is 2. The van der Waals surface area contributed by atoms with Crippen LogP contribution in [0.15, 0.2) is 53.9 Å². The second kappa shape index (κ2) is 11.3. The molecule has 2 N–H and O–H groups in total. The smallest absolute Gasteiger partial charge is 0.105 e. The number of fused-ring (bicyclic) bond motifs is 2. The Morgan fingerprint density at radius 3 is 2.38 bits per heavy atom. The van der Waals surface area contributed by atoms with Gasteiger partial charge >= 0.3 is 0 Å². The van der Waals surface area contributed by atoms with Gasteiger partial charge < -0.3 is 10.6 Å². The van der Waals surface area contributed by atoms with Crippen LogP contribution >= 0.6 is 22.7 Å². The highest BCUT2D eigenvalue weighted by Crippen LogP contribution is 2.28. The molecular formula is C26H30F2N2S2. The second-order valence-corrected chi connectivity index (χ2v) is 10.4. The van der Waals surface area contributed by atoms with Gasteiger partial charge in [0, 0.05) is 32.9 Å². The maximum Gasteiger partial charge on any atom is 0.105 e. The fourth-order valence-corrected chi connectivity index (χ4v) is 6.12. The summed E-state index contributed by atoms with van der Waals surface area (Å²) in [7, 11) is 1.89. The van der Waals surface area contributed by atoms with Crippen LogP contribution in [0.4, 0.5) is 8.78 Å². The Balaban J connectivity index is 1.32. The van der Waals surface area contributed by atoms with Crippen molar-refractivity contribution >= 4 is 42.8 Å².